The van der Waals surface area contributed by atoms with Crippen molar-refractivity contribution in [1.29, 1.82) is 0 Å². The van der Waals surface area contributed by atoms with Gasteiger partial charge in [0.1, 0.15) is 0 Å². The second kappa shape index (κ2) is 6.50. The molecule has 0 aliphatic carbocycles. The number of nitrogens with zero attached hydrogens (tertiary/aromatic N) is 1. The molecule has 0 aromatic heterocycles. The van der Waals surface area contributed by atoms with Gasteiger partial charge >= 0.3 is 0 Å². The van der Waals surface area contributed by atoms with Gasteiger partial charge < -0.3 is 0 Å². The van der Waals surface area contributed by atoms with Gasteiger partial charge in [-0.3, -0.25) is 4.79 Å². The summed E-state index contributed by atoms with van der Waals surface area (Å²) in [6.45, 7) is 0. The molecule has 2 rings (SSSR count). The van der Waals surface area contributed by atoms with Crippen molar-refractivity contribution in [2.75, 3.05) is 0 Å². The van der Waals surface area contributed by atoms with Crippen LogP contribution in [0.5, 0.6) is 0 Å². The molecule has 5 heteroatoms. The molecule has 19 heavy (non-hydrogen) atoms. The maximum atomic E-state index is 11.8. The van der Waals surface area contributed by atoms with E-state index in [9.17, 15) is 4.79 Å². The van der Waals surface area contributed by atoms with Crippen LogP contribution in [0.2, 0.25) is 5.02 Å². The first-order valence-electron chi connectivity index (χ1n) is 5.50. The Morgan fingerprint density at radius 2 is 1.95 bits per heavy atom. The molecular formula is C14H10BrClN2O. The molecule has 0 heterocycles. The molecule has 0 bridgehead atoms. The van der Waals surface area contributed by atoms with Crippen LogP contribution < -0.4 is 5.43 Å². The highest BCUT2D eigenvalue weighted by Crippen LogP contribution is 2.10. The monoisotopic (exact) mass is 336 g/mol. The molecule has 0 spiro atoms. The SMILES string of the molecule is O=C(N/N=C\c1ccc(Br)cc1)c1cccc(Cl)c1. The average Bonchev–Trinajstić information content (AvgIpc) is 2.41. The van der Waals surface area contributed by atoms with Crippen molar-refractivity contribution in [2.24, 2.45) is 5.10 Å². The molecule has 0 fully saturated rings. The van der Waals surface area contributed by atoms with Crippen molar-refractivity contribution >= 4 is 39.7 Å². The van der Waals surface area contributed by atoms with Gasteiger partial charge in [-0.05, 0) is 35.9 Å². The quantitative estimate of drug-likeness (QED) is 0.670. The van der Waals surface area contributed by atoms with E-state index in [1.165, 1.54) is 0 Å². The number of amides is 1. The van der Waals surface area contributed by atoms with E-state index in [0.717, 1.165) is 10.0 Å². The Labute approximate surface area is 124 Å². The Morgan fingerprint density at radius 1 is 1.21 bits per heavy atom. The molecule has 2 aromatic carbocycles. The highest BCUT2D eigenvalue weighted by Gasteiger charge is 2.03. The van der Waals surface area contributed by atoms with Crippen LogP contribution in [0.15, 0.2) is 58.1 Å². The van der Waals surface area contributed by atoms with Crippen LogP contribution in [-0.2, 0) is 0 Å². The zero-order chi connectivity index (χ0) is 13.7. The normalized spacial score (nSPS) is 10.6. The molecule has 0 saturated carbocycles. The fourth-order valence-electron chi connectivity index (χ4n) is 1.41. The number of halogens is 2. The van der Waals surface area contributed by atoms with Gasteiger partial charge in [-0.15, -0.1) is 0 Å². The second-order valence-electron chi connectivity index (χ2n) is 3.76. The van der Waals surface area contributed by atoms with Crippen molar-refractivity contribution in [3.8, 4) is 0 Å². The number of hydrazone groups is 1. The van der Waals surface area contributed by atoms with Crippen LogP contribution in [0.4, 0.5) is 0 Å². The highest BCUT2D eigenvalue weighted by molar-refractivity contribution is 9.10. The summed E-state index contributed by atoms with van der Waals surface area (Å²) in [7, 11) is 0. The first kappa shape index (κ1) is 13.8. The van der Waals surface area contributed by atoms with Crippen LogP contribution in [0.3, 0.4) is 0 Å². The van der Waals surface area contributed by atoms with Crippen LogP contribution >= 0.6 is 27.5 Å². The van der Waals surface area contributed by atoms with Gasteiger partial charge in [0.05, 0.1) is 6.21 Å². The van der Waals surface area contributed by atoms with Gasteiger partial charge in [-0.1, -0.05) is 45.7 Å². The van der Waals surface area contributed by atoms with Gasteiger partial charge in [-0.2, -0.15) is 5.10 Å². The Kier molecular flexibility index (Phi) is 4.71. The molecule has 96 valence electrons. The highest BCUT2D eigenvalue weighted by atomic mass is 79.9. The lowest BCUT2D eigenvalue weighted by Crippen LogP contribution is -2.17. The van der Waals surface area contributed by atoms with E-state index in [4.69, 9.17) is 11.6 Å². The van der Waals surface area contributed by atoms with Crippen molar-refractivity contribution in [1.82, 2.24) is 5.43 Å². The molecule has 0 aliphatic heterocycles. The number of carbonyl (C=O) groups is 1. The molecule has 0 unspecified atom stereocenters. The first-order valence-corrected chi connectivity index (χ1v) is 6.67. The number of hydrogen-bond donors (Lipinski definition) is 1. The Morgan fingerprint density at radius 3 is 2.63 bits per heavy atom. The minimum atomic E-state index is -0.295. The summed E-state index contributed by atoms with van der Waals surface area (Å²) in [6.07, 6.45) is 1.58. The van der Waals surface area contributed by atoms with Crippen LogP contribution in [0.25, 0.3) is 0 Å². The molecule has 0 saturated heterocycles. The van der Waals surface area contributed by atoms with Gasteiger partial charge in [-0.25, -0.2) is 5.43 Å². The topological polar surface area (TPSA) is 41.5 Å². The fraction of sp³-hybridized carbons (Fsp3) is 0. The molecule has 1 N–H and O–H groups in total. The summed E-state index contributed by atoms with van der Waals surface area (Å²) in [4.78, 5) is 11.8. The van der Waals surface area contributed by atoms with Gasteiger partial charge in [0, 0.05) is 15.1 Å². The summed E-state index contributed by atoms with van der Waals surface area (Å²) < 4.78 is 0.993. The van der Waals surface area contributed by atoms with E-state index in [1.54, 1.807) is 30.5 Å². The maximum absolute atomic E-state index is 11.8. The minimum absolute atomic E-state index is 0.295. The lowest BCUT2D eigenvalue weighted by molar-refractivity contribution is 0.0955. The van der Waals surface area contributed by atoms with E-state index < -0.39 is 0 Å². The van der Waals surface area contributed by atoms with Crippen molar-refractivity contribution in [2.45, 2.75) is 0 Å². The summed E-state index contributed by atoms with van der Waals surface area (Å²) >= 11 is 9.16. The number of hydrogen-bond acceptors (Lipinski definition) is 2. The molecule has 0 aliphatic rings. The maximum Gasteiger partial charge on any atom is 0.271 e. The number of nitrogens with one attached hydrogen (secondary N) is 1. The lowest BCUT2D eigenvalue weighted by atomic mass is 10.2. The van der Waals surface area contributed by atoms with E-state index in [-0.39, 0.29) is 5.91 Å². The third-order valence-corrected chi connectivity index (χ3v) is 3.10. The minimum Gasteiger partial charge on any atom is -0.267 e. The average molecular weight is 338 g/mol. The summed E-state index contributed by atoms with van der Waals surface area (Å²) in [5.41, 5.74) is 3.82. The van der Waals surface area contributed by atoms with Crippen LogP contribution in [0.1, 0.15) is 15.9 Å². The molecular weight excluding hydrogens is 328 g/mol. The third-order valence-electron chi connectivity index (χ3n) is 2.34. The van der Waals surface area contributed by atoms with E-state index in [2.05, 4.69) is 26.5 Å². The molecule has 1 amide bonds. The Hall–Kier alpha value is -1.65. The molecule has 3 nitrogen and oxygen atoms in total. The molecule has 2 aromatic rings. The lowest BCUT2D eigenvalue weighted by Gasteiger charge is -2.00. The number of benzene rings is 2. The van der Waals surface area contributed by atoms with Crippen molar-refractivity contribution < 1.29 is 4.79 Å². The van der Waals surface area contributed by atoms with Gasteiger partial charge in [0.15, 0.2) is 0 Å². The summed E-state index contributed by atoms with van der Waals surface area (Å²) in [5, 5.41) is 4.41. The van der Waals surface area contributed by atoms with Gasteiger partial charge in [0.2, 0.25) is 0 Å². The van der Waals surface area contributed by atoms with E-state index in [1.807, 2.05) is 24.3 Å². The predicted octanol–water partition coefficient (Wildman–Crippen LogP) is 3.87. The largest absolute Gasteiger partial charge is 0.271 e. The Balaban J connectivity index is 1.98. The molecule has 0 radical (unpaired) electrons. The number of rotatable bonds is 3. The standard InChI is InChI=1S/C14H10BrClN2O/c15-12-6-4-10(5-7-12)9-17-18-14(19)11-2-1-3-13(16)8-11/h1-9H,(H,18,19)/b17-9-. The molecule has 0 atom stereocenters. The van der Waals surface area contributed by atoms with Crippen molar-refractivity contribution in [3.63, 3.8) is 0 Å². The van der Waals surface area contributed by atoms with Crippen molar-refractivity contribution in [3.05, 3.63) is 69.2 Å². The zero-order valence-corrected chi connectivity index (χ0v) is 12.1. The van der Waals surface area contributed by atoms with Gasteiger partial charge in [0.25, 0.3) is 5.91 Å². The van der Waals surface area contributed by atoms with Crippen LogP contribution in [0, 0.1) is 0 Å². The Bertz CT molecular complexity index is 611. The summed E-state index contributed by atoms with van der Waals surface area (Å²) in [5.74, 6) is -0.295. The van der Waals surface area contributed by atoms with Crippen LogP contribution in [-0.4, -0.2) is 12.1 Å². The first-order chi connectivity index (χ1) is 9.15. The smallest absolute Gasteiger partial charge is 0.267 e. The zero-order valence-electron chi connectivity index (χ0n) is 9.81. The number of carbonyl (C=O) groups excluding carboxylic acids is 1. The second-order valence-corrected chi connectivity index (χ2v) is 5.11. The van der Waals surface area contributed by atoms with E-state index >= 15 is 0 Å². The third kappa shape index (κ3) is 4.19. The fourth-order valence-corrected chi connectivity index (χ4v) is 1.86. The van der Waals surface area contributed by atoms with E-state index in [0.29, 0.717) is 10.6 Å². The predicted molar refractivity (Wildman–Crippen MR) is 80.7 cm³/mol. The summed E-state index contributed by atoms with van der Waals surface area (Å²) in [6, 6.07) is 14.3.